The second-order valence-corrected chi connectivity index (χ2v) is 18.7. The molecule has 1 aliphatic heterocycles. The Labute approximate surface area is 374 Å². The van der Waals surface area contributed by atoms with E-state index in [1.165, 1.54) is 126 Å². The van der Waals surface area contributed by atoms with Crippen LogP contribution in [-0.4, -0.2) is 58.4 Å². The van der Waals surface area contributed by atoms with Crippen molar-refractivity contribution in [1.82, 2.24) is 9.55 Å². The lowest BCUT2D eigenvalue weighted by Gasteiger charge is -2.21. The Morgan fingerprint density at radius 1 is 0.742 bits per heavy atom. The first-order valence-electron chi connectivity index (χ1n) is 24.8. The molecule has 3 N–H and O–H groups in total. The number of nitrogens with two attached hydrogens (primary N) is 1. The van der Waals surface area contributed by atoms with Crippen molar-refractivity contribution in [3.63, 3.8) is 0 Å². The van der Waals surface area contributed by atoms with Crippen LogP contribution in [0.5, 0.6) is 0 Å². The molecule has 0 radical (unpaired) electrons. The first kappa shape index (κ1) is 55.6. The molecule has 4 atom stereocenters. The standard InChI is InChI=1S/C48H86N3O10P/c1-3-5-7-9-11-13-15-17-19-21-23-25-27-29-31-33-46(52)57-39-43(61-47(53)34-32-30-28-26-24-22-20-18-16-14-12-10-8-6-4-2)41-59-62(55,56)58-40-42-35-36-45(60-42)51-38-37-44(49)50-48(51)54/h18,20,37-38,42-43,45H,3-17,19,21-36,39-41H2,1-2H3,(H,55,56)(H2,49,50,54)/b20-18-/t42-,43+,45+/m0/s1. The van der Waals surface area contributed by atoms with Crippen molar-refractivity contribution in [1.29, 1.82) is 0 Å². The molecule has 1 saturated heterocycles. The molecule has 13 nitrogen and oxygen atoms in total. The molecule has 1 aromatic rings. The van der Waals surface area contributed by atoms with Gasteiger partial charge in [-0.05, 0) is 57.4 Å². The minimum atomic E-state index is -4.61. The fourth-order valence-corrected chi connectivity index (χ4v) is 8.43. The second-order valence-electron chi connectivity index (χ2n) is 17.2. The summed E-state index contributed by atoms with van der Waals surface area (Å²) in [5.41, 5.74) is 5.03. The van der Waals surface area contributed by atoms with E-state index in [4.69, 9.17) is 29.0 Å². The number of phosphoric acid groups is 1. The van der Waals surface area contributed by atoms with Crippen LogP contribution in [0.4, 0.5) is 5.82 Å². The molecule has 0 aliphatic carbocycles. The highest BCUT2D eigenvalue weighted by atomic mass is 31.2. The molecule has 2 heterocycles. The van der Waals surface area contributed by atoms with Gasteiger partial charge in [-0.25, -0.2) is 9.36 Å². The molecule has 62 heavy (non-hydrogen) atoms. The van der Waals surface area contributed by atoms with Crippen molar-refractivity contribution in [3.8, 4) is 0 Å². The van der Waals surface area contributed by atoms with Gasteiger partial charge >= 0.3 is 25.5 Å². The van der Waals surface area contributed by atoms with Crippen LogP contribution < -0.4 is 11.4 Å². The highest BCUT2D eigenvalue weighted by molar-refractivity contribution is 7.47. The summed E-state index contributed by atoms with van der Waals surface area (Å²) >= 11 is 0. The molecule has 0 amide bonds. The summed E-state index contributed by atoms with van der Waals surface area (Å²) in [6, 6.07) is 1.49. The van der Waals surface area contributed by atoms with Crippen molar-refractivity contribution in [2.24, 2.45) is 0 Å². The lowest BCUT2D eigenvalue weighted by Crippen LogP contribution is -2.30. The van der Waals surface area contributed by atoms with Gasteiger partial charge in [0, 0.05) is 19.0 Å². The van der Waals surface area contributed by atoms with Gasteiger partial charge in [0.2, 0.25) is 0 Å². The number of esters is 2. The second kappa shape index (κ2) is 36.7. The van der Waals surface area contributed by atoms with E-state index >= 15 is 0 Å². The van der Waals surface area contributed by atoms with E-state index in [1.807, 2.05) is 0 Å². The first-order valence-corrected chi connectivity index (χ1v) is 26.2. The number of hydrogen-bond acceptors (Lipinski definition) is 11. The molecule has 0 saturated carbocycles. The Bertz CT molecular complexity index is 1430. The van der Waals surface area contributed by atoms with E-state index in [2.05, 4.69) is 31.0 Å². The third-order valence-corrected chi connectivity index (χ3v) is 12.4. The van der Waals surface area contributed by atoms with Crippen molar-refractivity contribution >= 4 is 25.6 Å². The number of carbonyl (C=O) groups excluding carboxylic acids is 2. The van der Waals surface area contributed by atoms with Crippen LogP contribution in [0.15, 0.2) is 29.2 Å². The quantitative estimate of drug-likeness (QED) is 0.0275. The normalized spacial score (nSPS) is 16.8. The largest absolute Gasteiger partial charge is 0.472 e. The van der Waals surface area contributed by atoms with Crippen LogP contribution in [0.3, 0.4) is 0 Å². The van der Waals surface area contributed by atoms with Gasteiger partial charge in [-0.15, -0.1) is 0 Å². The summed E-state index contributed by atoms with van der Waals surface area (Å²) in [5.74, 6) is -0.796. The smallest absolute Gasteiger partial charge is 0.462 e. The van der Waals surface area contributed by atoms with Gasteiger partial charge in [-0.1, -0.05) is 167 Å². The summed E-state index contributed by atoms with van der Waals surface area (Å²) in [6.45, 7) is 3.43. The highest BCUT2D eigenvalue weighted by Gasteiger charge is 2.32. The number of rotatable bonds is 41. The fraction of sp³-hybridized carbons (Fsp3) is 0.833. The maximum absolute atomic E-state index is 12.9. The maximum atomic E-state index is 12.9. The van der Waals surface area contributed by atoms with Crippen LogP contribution >= 0.6 is 7.82 Å². The molecule has 0 bridgehead atoms. The van der Waals surface area contributed by atoms with Crippen LogP contribution in [0.2, 0.25) is 0 Å². The molecule has 0 spiro atoms. The highest BCUT2D eigenvalue weighted by Crippen LogP contribution is 2.44. The van der Waals surface area contributed by atoms with Crippen molar-refractivity contribution in [3.05, 3.63) is 34.9 Å². The zero-order valence-corrected chi connectivity index (χ0v) is 39.7. The maximum Gasteiger partial charge on any atom is 0.472 e. The average Bonchev–Trinajstić information content (AvgIpc) is 3.72. The van der Waals surface area contributed by atoms with Gasteiger partial charge in [0.05, 0.1) is 19.3 Å². The Kier molecular flexibility index (Phi) is 32.9. The Balaban J connectivity index is 1.69. The number of anilines is 1. The molecular formula is C48H86N3O10P. The van der Waals surface area contributed by atoms with Gasteiger partial charge in [0.25, 0.3) is 0 Å². The Morgan fingerprint density at radius 2 is 1.23 bits per heavy atom. The minimum Gasteiger partial charge on any atom is -0.462 e. The first-order chi connectivity index (χ1) is 30.1. The summed E-state index contributed by atoms with van der Waals surface area (Å²) in [4.78, 5) is 51.9. The van der Waals surface area contributed by atoms with E-state index in [1.54, 1.807) is 0 Å². The number of aromatic nitrogens is 2. The predicted molar refractivity (Wildman–Crippen MR) is 248 cm³/mol. The van der Waals surface area contributed by atoms with Crippen molar-refractivity contribution in [2.45, 2.75) is 238 Å². The Morgan fingerprint density at radius 3 is 1.74 bits per heavy atom. The zero-order valence-electron chi connectivity index (χ0n) is 38.8. The van der Waals surface area contributed by atoms with Gasteiger partial charge in [0.1, 0.15) is 18.7 Å². The minimum absolute atomic E-state index is 0.101. The number of carbonyl (C=O) groups is 2. The molecule has 1 aliphatic rings. The van der Waals surface area contributed by atoms with Crippen LogP contribution in [0, 0.1) is 0 Å². The Hall–Kier alpha value is -2.57. The van der Waals surface area contributed by atoms with E-state index in [-0.39, 0.29) is 31.9 Å². The van der Waals surface area contributed by atoms with Gasteiger partial charge in [0.15, 0.2) is 6.10 Å². The van der Waals surface area contributed by atoms with E-state index in [0.29, 0.717) is 25.7 Å². The van der Waals surface area contributed by atoms with Crippen LogP contribution in [0.1, 0.15) is 226 Å². The molecule has 1 aromatic heterocycles. The fourth-order valence-electron chi connectivity index (χ4n) is 7.65. The number of hydrogen-bond donors (Lipinski definition) is 2. The summed E-state index contributed by atoms with van der Waals surface area (Å²) < 4.78 is 41.5. The van der Waals surface area contributed by atoms with Crippen molar-refractivity contribution < 1.29 is 42.3 Å². The molecule has 358 valence electrons. The number of unbranched alkanes of at least 4 members (excludes halogenated alkanes) is 25. The van der Waals surface area contributed by atoms with Gasteiger partial charge in [-0.2, -0.15) is 4.98 Å². The molecule has 14 heteroatoms. The number of ether oxygens (including phenoxy) is 3. The lowest BCUT2D eigenvalue weighted by atomic mass is 10.0. The number of phosphoric ester groups is 1. The number of nitrogen functional groups attached to an aromatic ring is 1. The number of allylic oxidation sites excluding steroid dienone is 2. The van der Waals surface area contributed by atoms with Crippen molar-refractivity contribution in [2.75, 3.05) is 25.6 Å². The topological polar surface area (TPSA) is 179 Å². The van der Waals surface area contributed by atoms with Gasteiger partial charge in [-0.3, -0.25) is 23.2 Å². The zero-order chi connectivity index (χ0) is 44.9. The molecule has 1 unspecified atom stereocenters. The summed E-state index contributed by atoms with van der Waals surface area (Å²) in [5, 5.41) is 0. The van der Waals surface area contributed by atoms with Gasteiger partial charge < -0.3 is 24.8 Å². The monoisotopic (exact) mass is 896 g/mol. The molecular weight excluding hydrogens is 810 g/mol. The SMILES string of the molecule is CCCCCCCC/C=C\CCCCCCCC(=O)O[C@H](COC(=O)CCCCCCCCCCCCCCCCC)COP(=O)(O)OC[C@@H]1CC[C@H](n2ccc(N)nc2=O)O1. The van der Waals surface area contributed by atoms with Crippen LogP contribution in [0.25, 0.3) is 0 Å². The molecule has 0 aromatic carbocycles. The van der Waals surface area contributed by atoms with Crippen LogP contribution in [-0.2, 0) is 37.4 Å². The van der Waals surface area contributed by atoms with E-state index in [0.717, 1.165) is 57.8 Å². The molecule has 1 fully saturated rings. The predicted octanol–water partition coefficient (Wildman–Crippen LogP) is 12.4. The summed E-state index contributed by atoms with van der Waals surface area (Å²) in [6.07, 6.45) is 38.6. The van der Waals surface area contributed by atoms with E-state index < -0.39 is 50.5 Å². The third-order valence-electron chi connectivity index (χ3n) is 11.4. The lowest BCUT2D eigenvalue weighted by molar-refractivity contribution is -0.161. The number of nitrogens with zero attached hydrogens (tertiary/aromatic N) is 2. The average molecular weight is 896 g/mol. The summed E-state index contributed by atoms with van der Waals surface area (Å²) in [7, 11) is -4.61. The third kappa shape index (κ3) is 29.7. The van der Waals surface area contributed by atoms with E-state index in [9.17, 15) is 23.8 Å². The molecule has 2 rings (SSSR count).